The molecule has 0 atom stereocenters. The van der Waals surface area contributed by atoms with Crippen LogP contribution in [-0.2, 0) is 0 Å². The zero-order valence-corrected chi connectivity index (χ0v) is 28.2. The van der Waals surface area contributed by atoms with Gasteiger partial charge in [-0.15, -0.1) is 0 Å². The first-order valence-corrected chi connectivity index (χ1v) is 17.3. The molecule has 3 heteroatoms. The Morgan fingerprint density at radius 2 is 0.647 bits per heavy atom. The Balaban J connectivity index is 1.08. The summed E-state index contributed by atoms with van der Waals surface area (Å²) in [6.45, 7) is 0. The van der Waals surface area contributed by atoms with Crippen LogP contribution < -0.4 is 15.5 Å². The largest absolute Gasteiger partial charge is 0.356 e. The lowest BCUT2D eigenvalue weighted by Crippen LogP contribution is -2.09. The smallest absolute Gasteiger partial charge is 0.0464 e. The molecule has 8 aromatic carbocycles. The van der Waals surface area contributed by atoms with E-state index in [-0.39, 0.29) is 0 Å². The number of rotatable bonds is 10. The second kappa shape index (κ2) is 14.7. The van der Waals surface area contributed by atoms with Gasteiger partial charge in [0.25, 0.3) is 0 Å². The fourth-order valence-electron chi connectivity index (χ4n) is 6.43. The molecule has 0 amide bonds. The van der Waals surface area contributed by atoms with Gasteiger partial charge in [0.05, 0.1) is 0 Å². The number of para-hydroxylation sites is 4. The predicted molar refractivity (Wildman–Crippen MR) is 217 cm³/mol. The topological polar surface area (TPSA) is 27.3 Å². The Kier molecular flexibility index (Phi) is 9.08. The molecule has 0 aromatic heterocycles. The Morgan fingerprint density at radius 1 is 0.275 bits per heavy atom. The summed E-state index contributed by atoms with van der Waals surface area (Å²) >= 11 is 0. The summed E-state index contributed by atoms with van der Waals surface area (Å²) in [7, 11) is 0. The molecule has 0 bridgehead atoms. The molecule has 0 unspecified atom stereocenters. The second-order valence-corrected chi connectivity index (χ2v) is 12.5. The van der Waals surface area contributed by atoms with Gasteiger partial charge in [-0.3, -0.25) is 0 Å². The second-order valence-electron chi connectivity index (χ2n) is 12.5. The van der Waals surface area contributed by atoms with Gasteiger partial charge in [-0.25, -0.2) is 0 Å². The molecular formula is C48H37N3. The summed E-state index contributed by atoms with van der Waals surface area (Å²) in [5, 5.41) is 7.15. The first-order valence-electron chi connectivity index (χ1n) is 17.3. The predicted octanol–water partition coefficient (Wildman–Crippen LogP) is 13.6. The van der Waals surface area contributed by atoms with E-state index in [0.717, 1.165) is 62.1 Å². The van der Waals surface area contributed by atoms with Gasteiger partial charge in [0.2, 0.25) is 0 Å². The fourth-order valence-corrected chi connectivity index (χ4v) is 6.43. The maximum absolute atomic E-state index is 3.66. The quantitative estimate of drug-likeness (QED) is 0.154. The number of hydrogen-bond donors (Lipinski definition) is 2. The standard InChI is InChI=1S/C48H37N3/c1-5-13-41(14-6-1)49-43-30-25-38(26-31-43)40-29-34-48(50-42-15-7-2-8-16-42)47(35-40)39-23-21-36(22-24-39)37-27-32-46(33-28-37)51(44-17-9-3-10-18-44)45-19-11-4-12-20-45/h1-35,49-50H. The van der Waals surface area contributed by atoms with E-state index < -0.39 is 0 Å². The zero-order valence-electron chi connectivity index (χ0n) is 28.2. The number of nitrogens with zero attached hydrogens (tertiary/aromatic N) is 1. The normalized spacial score (nSPS) is 10.7. The average molecular weight is 656 g/mol. The molecule has 0 aliphatic rings. The SMILES string of the molecule is c1ccc(Nc2ccc(-c3ccc(Nc4ccccc4)c(-c4ccc(-c5ccc(N(c6ccccc6)c6ccccc6)cc5)cc4)c3)cc2)cc1. The Labute approximate surface area is 300 Å². The van der Waals surface area contributed by atoms with Crippen molar-refractivity contribution in [2.24, 2.45) is 0 Å². The molecule has 0 spiro atoms. The number of anilines is 7. The summed E-state index contributed by atoms with van der Waals surface area (Å²) in [6, 6.07) is 74.6. The van der Waals surface area contributed by atoms with E-state index in [4.69, 9.17) is 0 Å². The summed E-state index contributed by atoms with van der Waals surface area (Å²) in [5.74, 6) is 0. The zero-order chi connectivity index (χ0) is 34.2. The van der Waals surface area contributed by atoms with Crippen molar-refractivity contribution in [2.45, 2.75) is 0 Å². The van der Waals surface area contributed by atoms with Gasteiger partial charge in [0.15, 0.2) is 0 Å². The van der Waals surface area contributed by atoms with Crippen molar-refractivity contribution in [3.05, 3.63) is 212 Å². The molecule has 244 valence electrons. The van der Waals surface area contributed by atoms with Crippen molar-refractivity contribution in [3.8, 4) is 33.4 Å². The van der Waals surface area contributed by atoms with Crippen LogP contribution in [0, 0.1) is 0 Å². The molecule has 0 saturated carbocycles. The average Bonchev–Trinajstić information content (AvgIpc) is 3.21. The summed E-state index contributed by atoms with van der Waals surface area (Å²) in [6.07, 6.45) is 0. The molecular weight excluding hydrogens is 619 g/mol. The van der Waals surface area contributed by atoms with Crippen LogP contribution in [0.2, 0.25) is 0 Å². The molecule has 0 saturated heterocycles. The fraction of sp³-hybridized carbons (Fsp3) is 0. The molecule has 0 radical (unpaired) electrons. The van der Waals surface area contributed by atoms with Crippen molar-refractivity contribution in [1.29, 1.82) is 0 Å². The van der Waals surface area contributed by atoms with E-state index >= 15 is 0 Å². The Morgan fingerprint density at radius 3 is 1.20 bits per heavy atom. The van der Waals surface area contributed by atoms with E-state index in [0.29, 0.717) is 0 Å². The lowest BCUT2D eigenvalue weighted by atomic mass is 9.95. The first-order chi connectivity index (χ1) is 25.3. The van der Waals surface area contributed by atoms with Crippen molar-refractivity contribution >= 4 is 39.8 Å². The van der Waals surface area contributed by atoms with Crippen molar-refractivity contribution < 1.29 is 0 Å². The van der Waals surface area contributed by atoms with Gasteiger partial charge in [-0.1, -0.05) is 127 Å². The minimum absolute atomic E-state index is 1.06. The highest BCUT2D eigenvalue weighted by atomic mass is 15.1. The van der Waals surface area contributed by atoms with Gasteiger partial charge < -0.3 is 15.5 Å². The maximum atomic E-state index is 3.66. The third-order valence-corrected chi connectivity index (χ3v) is 9.04. The Bertz CT molecular complexity index is 2260. The number of benzene rings is 8. The van der Waals surface area contributed by atoms with E-state index in [1.807, 2.05) is 24.3 Å². The molecule has 0 heterocycles. The summed E-state index contributed by atoms with van der Waals surface area (Å²) in [4.78, 5) is 2.29. The van der Waals surface area contributed by atoms with E-state index in [2.05, 4.69) is 204 Å². The Hall–Kier alpha value is -6.84. The molecule has 51 heavy (non-hydrogen) atoms. The van der Waals surface area contributed by atoms with Gasteiger partial charge in [0.1, 0.15) is 0 Å². The van der Waals surface area contributed by atoms with Crippen molar-refractivity contribution in [1.82, 2.24) is 0 Å². The first kappa shape index (κ1) is 31.4. The van der Waals surface area contributed by atoms with Gasteiger partial charge in [-0.2, -0.15) is 0 Å². The number of nitrogens with one attached hydrogen (secondary N) is 2. The molecule has 0 aliphatic heterocycles. The highest BCUT2D eigenvalue weighted by molar-refractivity contribution is 5.87. The highest BCUT2D eigenvalue weighted by Crippen LogP contribution is 2.38. The third kappa shape index (κ3) is 7.29. The van der Waals surface area contributed by atoms with E-state index in [1.165, 1.54) is 11.1 Å². The molecule has 0 aliphatic carbocycles. The third-order valence-electron chi connectivity index (χ3n) is 9.04. The van der Waals surface area contributed by atoms with Crippen LogP contribution in [0.5, 0.6) is 0 Å². The highest BCUT2D eigenvalue weighted by Gasteiger charge is 2.13. The molecule has 8 aromatic rings. The molecule has 0 fully saturated rings. The monoisotopic (exact) mass is 655 g/mol. The van der Waals surface area contributed by atoms with Crippen LogP contribution >= 0.6 is 0 Å². The summed E-state index contributed by atoms with van der Waals surface area (Å²) < 4.78 is 0. The van der Waals surface area contributed by atoms with Crippen LogP contribution in [0.1, 0.15) is 0 Å². The van der Waals surface area contributed by atoms with Crippen LogP contribution in [0.3, 0.4) is 0 Å². The van der Waals surface area contributed by atoms with E-state index in [9.17, 15) is 0 Å². The molecule has 8 rings (SSSR count). The van der Waals surface area contributed by atoms with Gasteiger partial charge in [0, 0.05) is 45.4 Å². The van der Waals surface area contributed by atoms with Crippen LogP contribution in [0.4, 0.5) is 39.8 Å². The minimum Gasteiger partial charge on any atom is -0.356 e. The van der Waals surface area contributed by atoms with Crippen LogP contribution in [0.25, 0.3) is 33.4 Å². The van der Waals surface area contributed by atoms with Crippen molar-refractivity contribution in [3.63, 3.8) is 0 Å². The lowest BCUT2D eigenvalue weighted by molar-refractivity contribution is 1.28. The molecule has 3 nitrogen and oxygen atoms in total. The molecule has 2 N–H and O–H groups in total. The number of hydrogen-bond acceptors (Lipinski definition) is 3. The lowest BCUT2D eigenvalue weighted by Gasteiger charge is -2.25. The van der Waals surface area contributed by atoms with Crippen LogP contribution in [0.15, 0.2) is 212 Å². The minimum atomic E-state index is 1.06. The van der Waals surface area contributed by atoms with E-state index in [1.54, 1.807) is 0 Å². The van der Waals surface area contributed by atoms with Crippen LogP contribution in [-0.4, -0.2) is 0 Å². The van der Waals surface area contributed by atoms with Gasteiger partial charge in [-0.05, 0) is 113 Å². The van der Waals surface area contributed by atoms with Crippen molar-refractivity contribution in [2.75, 3.05) is 15.5 Å². The maximum Gasteiger partial charge on any atom is 0.0464 e. The van der Waals surface area contributed by atoms with Gasteiger partial charge >= 0.3 is 0 Å². The summed E-state index contributed by atoms with van der Waals surface area (Å²) in [5.41, 5.74) is 14.6.